The number of carbonyl (C=O) groups excluding carboxylic acids is 1. The Morgan fingerprint density at radius 2 is 1.97 bits per heavy atom. The van der Waals surface area contributed by atoms with Crippen LogP contribution in [0, 0.1) is 0 Å². The SMILES string of the molecule is CCCCn1c(SCC(=O)Nc2ccccc2C(C)C)nc2cc(S(N)(=O)=O)ccc21. The van der Waals surface area contributed by atoms with E-state index >= 15 is 0 Å². The van der Waals surface area contributed by atoms with Gasteiger partial charge in [0.2, 0.25) is 15.9 Å². The Balaban J connectivity index is 1.82. The number of carbonyl (C=O) groups is 1. The molecule has 1 aromatic heterocycles. The summed E-state index contributed by atoms with van der Waals surface area (Å²) in [5.74, 6) is 0.386. The predicted molar refractivity (Wildman–Crippen MR) is 126 cm³/mol. The van der Waals surface area contributed by atoms with Crippen LogP contribution in [-0.2, 0) is 21.4 Å². The molecule has 0 fully saturated rings. The fourth-order valence-electron chi connectivity index (χ4n) is 3.34. The van der Waals surface area contributed by atoms with Crippen LogP contribution < -0.4 is 10.5 Å². The molecule has 3 N–H and O–H groups in total. The van der Waals surface area contributed by atoms with Crippen LogP contribution in [-0.4, -0.2) is 29.6 Å². The summed E-state index contributed by atoms with van der Waals surface area (Å²) in [6.07, 6.45) is 1.95. The third-order valence-electron chi connectivity index (χ3n) is 4.94. The lowest BCUT2D eigenvalue weighted by Gasteiger charge is -2.13. The zero-order valence-corrected chi connectivity index (χ0v) is 19.6. The Morgan fingerprint density at radius 3 is 2.65 bits per heavy atom. The fourth-order valence-corrected chi connectivity index (χ4v) is 4.71. The first-order valence-electron chi connectivity index (χ1n) is 10.3. The van der Waals surface area contributed by atoms with Gasteiger partial charge in [-0.25, -0.2) is 18.5 Å². The lowest BCUT2D eigenvalue weighted by atomic mass is 10.0. The minimum atomic E-state index is -3.81. The quantitative estimate of drug-likeness (QED) is 0.462. The number of nitrogens with two attached hydrogens (primary N) is 1. The molecule has 0 unspecified atom stereocenters. The summed E-state index contributed by atoms with van der Waals surface area (Å²) in [5.41, 5.74) is 3.29. The molecule has 0 bridgehead atoms. The van der Waals surface area contributed by atoms with E-state index in [1.165, 1.54) is 23.9 Å². The summed E-state index contributed by atoms with van der Waals surface area (Å²) in [6, 6.07) is 12.5. The molecule has 0 aliphatic carbocycles. The first kappa shape index (κ1) is 23.3. The third kappa shape index (κ3) is 5.66. The van der Waals surface area contributed by atoms with Crippen LogP contribution >= 0.6 is 11.8 Å². The minimum absolute atomic E-state index is 0.0275. The number of thioether (sulfide) groups is 1. The van der Waals surface area contributed by atoms with Crippen molar-refractivity contribution in [3.8, 4) is 0 Å². The maximum Gasteiger partial charge on any atom is 0.238 e. The van der Waals surface area contributed by atoms with Crippen LogP contribution in [0.4, 0.5) is 5.69 Å². The zero-order valence-electron chi connectivity index (χ0n) is 18.0. The van der Waals surface area contributed by atoms with Gasteiger partial charge in [0.15, 0.2) is 5.16 Å². The predicted octanol–water partition coefficient (Wildman–Crippen LogP) is 4.34. The Kier molecular flexibility index (Phi) is 7.40. The number of hydrogen-bond donors (Lipinski definition) is 2. The van der Waals surface area contributed by atoms with Gasteiger partial charge >= 0.3 is 0 Å². The van der Waals surface area contributed by atoms with Gasteiger partial charge in [0, 0.05) is 12.2 Å². The number of nitrogens with zero attached hydrogens (tertiary/aromatic N) is 2. The van der Waals surface area contributed by atoms with Crippen LogP contribution in [0.5, 0.6) is 0 Å². The number of hydrogen-bond acceptors (Lipinski definition) is 5. The Bertz CT molecular complexity index is 1190. The van der Waals surface area contributed by atoms with Crippen molar-refractivity contribution in [2.75, 3.05) is 11.1 Å². The number of primary sulfonamides is 1. The lowest BCUT2D eigenvalue weighted by Crippen LogP contribution is -2.16. The van der Waals surface area contributed by atoms with Crippen LogP contribution in [0.3, 0.4) is 0 Å². The van der Waals surface area contributed by atoms with Crippen molar-refractivity contribution >= 4 is 44.4 Å². The number of imidazole rings is 1. The third-order valence-corrected chi connectivity index (χ3v) is 6.83. The Hall–Kier alpha value is -2.36. The molecule has 1 amide bonds. The van der Waals surface area contributed by atoms with Crippen LogP contribution in [0.25, 0.3) is 11.0 Å². The second-order valence-corrected chi connectivity index (χ2v) is 10.2. The van der Waals surface area contributed by atoms with Crippen molar-refractivity contribution < 1.29 is 13.2 Å². The van der Waals surface area contributed by atoms with Gasteiger partial charge in [0.1, 0.15) is 0 Å². The van der Waals surface area contributed by atoms with E-state index in [0.717, 1.165) is 36.2 Å². The molecule has 0 spiro atoms. The molecule has 0 aliphatic heterocycles. The monoisotopic (exact) mass is 460 g/mol. The van der Waals surface area contributed by atoms with Gasteiger partial charge in [-0.1, -0.05) is 57.2 Å². The summed E-state index contributed by atoms with van der Waals surface area (Å²) < 4.78 is 25.4. The summed E-state index contributed by atoms with van der Waals surface area (Å²) >= 11 is 1.34. The molecule has 0 radical (unpaired) electrons. The largest absolute Gasteiger partial charge is 0.325 e. The smallest absolute Gasteiger partial charge is 0.238 e. The molecule has 0 aliphatic rings. The summed E-state index contributed by atoms with van der Waals surface area (Å²) in [7, 11) is -3.81. The molecule has 7 nitrogen and oxygen atoms in total. The molecule has 0 saturated heterocycles. The highest BCUT2D eigenvalue weighted by atomic mass is 32.2. The van der Waals surface area contributed by atoms with Gasteiger partial charge < -0.3 is 9.88 Å². The van der Waals surface area contributed by atoms with Gasteiger partial charge in [-0.3, -0.25) is 4.79 Å². The lowest BCUT2D eigenvalue weighted by molar-refractivity contribution is -0.113. The number of sulfonamides is 1. The van der Waals surface area contributed by atoms with Crippen LogP contribution in [0.15, 0.2) is 52.5 Å². The molecule has 3 rings (SSSR count). The highest BCUT2D eigenvalue weighted by Crippen LogP contribution is 2.28. The molecule has 0 saturated carbocycles. The summed E-state index contributed by atoms with van der Waals surface area (Å²) in [6.45, 7) is 7.02. The first-order valence-corrected chi connectivity index (χ1v) is 12.8. The van der Waals surface area contributed by atoms with Gasteiger partial charge in [-0.05, 0) is 42.2 Å². The highest BCUT2D eigenvalue weighted by molar-refractivity contribution is 7.99. The Morgan fingerprint density at radius 1 is 1.23 bits per heavy atom. The molecule has 0 atom stereocenters. The van der Waals surface area contributed by atoms with Gasteiger partial charge in [-0.15, -0.1) is 0 Å². The first-order chi connectivity index (χ1) is 14.7. The van der Waals surface area contributed by atoms with Gasteiger partial charge in [0.05, 0.1) is 21.7 Å². The van der Waals surface area contributed by atoms with Crippen molar-refractivity contribution in [3.63, 3.8) is 0 Å². The van der Waals surface area contributed by atoms with E-state index < -0.39 is 10.0 Å². The van der Waals surface area contributed by atoms with E-state index in [1.54, 1.807) is 6.07 Å². The molecular formula is C22H28N4O3S2. The van der Waals surface area contributed by atoms with E-state index in [1.807, 2.05) is 28.8 Å². The normalized spacial score (nSPS) is 11.9. The van der Waals surface area contributed by atoms with E-state index in [2.05, 4.69) is 31.1 Å². The highest BCUT2D eigenvalue weighted by Gasteiger charge is 2.17. The van der Waals surface area contributed by atoms with E-state index in [9.17, 15) is 13.2 Å². The topological polar surface area (TPSA) is 107 Å². The number of anilines is 1. The van der Waals surface area contributed by atoms with Crippen molar-refractivity contribution in [3.05, 3.63) is 48.0 Å². The maximum atomic E-state index is 12.6. The number of rotatable bonds is 9. The van der Waals surface area contributed by atoms with Crippen molar-refractivity contribution in [1.29, 1.82) is 0 Å². The standard InChI is InChI=1S/C22H28N4O3S2/c1-4-5-12-26-20-11-10-16(31(23,28)29)13-19(20)25-22(26)30-14-21(27)24-18-9-7-6-8-17(18)15(2)3/h6-11,13,15H,4-5,12,14H2,1-3H3,(H,24,27)(H2,23,28,29). The van der Waals surface area contributed by atoms with E-state index in [4.69, 9.17) is 5.14 Å². The second-order valence-electron chi connectivity index (χ2n) is 7.67. The van der Waals surface area contributed by atoms with Gasteiger partial charge in [-0.2, -0.15) is 0 Å². The minimum Gasteiger partial charge on any atom is -0.325 e. The van der Waals surface area contributed by atoms with Crippen LogP contribution in [0.1, 0.15) is 45.1 Å². The molecular weight excluding hydrogens is 432 g/mol. The number of unbranched alkanes of at least 4 members (excludes halogenated alkanes) is 1. The molecule has 9 heteroatoms. The van der Waals surface area contributed by atoms with Crippen molar-refractivity contribution in [1.82, 2.24) is 9.55 Å². The van der Waals surface area contributed by atoms with Gasteiger partial charge in [0.25, 0.3) is 0 Å². The zero-order chi connectivity index (χ0) is 22.6. The van der Waals surface area contributed by atoms with E-state index in [0.29, 0.717) is 16.6 Å². The van der Waals surface area contributed by atoms with Crippen molar-refractivity contribution in [2.45, 2.75) is 56.1 Å². The molecule has 2 aromatic carbocycles. The number of benzene rings is 2. The summed E-state index contributed by atoms with van der Waals surface area (Å²) in [5, 5.41) is 8.93. The number of amides is 1. The molecule has 166 valence electrons. The second kappa shape index (κ2) is 9.84. The van der Waals surface area contributed by atoms with Crippen molar-refractivity contribution in [2.24, 2.45) is 5.14 Å². The average Bonchev–Trinajstić information content (AvgIpc) is 3.07. The molecule has 3 aromatic rings. The summed E-state index contributed by atoms with van der Waals surface area (Å²) in [4.78, 5) is 17.2. The maximum absolute atomic E-state index is 12.6. The van der Waals surface area contributed by atoms with E-state index in [-0.39, 0.29) is 16.6 Å². The Labute approximate surface area is 187 Å². The number of aromatic nitrogens is 2. The molecule has 1 heterocycles. The molecule has 31 heavy (non-hydrogen) atoms. The average molecular weight is 461 g/mol. The fraction of sp³-hybridized carbons (Fsp3) is 0.364. The number of para-hydroxylation sites is 1. The number of nitrogens with one attached hydrogen (secondary N) is 1. The van der Waals surface area contributed by atoms with Crippen LogP contribution in [0.2, 0.25) is 0 Å². The number of fused-ring (bicyclic) bond motifs is 1. The number of aryl methyl sites for hydroxylation is 1.